The number of hydrogen-bond acceptors (Lipinski definition) is 3. The number of rotatable bonds is 4. The monoisotopic (exact) mass is 212 g/mol. The molecule has 0 radical (unpaired) electrons. The molecule has 3 atom stereocenters. The Hall–Kier alpha value is -0.610. The predicted molar refractivity (Wildman–Crippen MR) is 57.8 cm³/mol. The summed E-state index contributed by atoms with van der Waals surface area (Å²) >= 11 is 0. The van der Waals surface area contributed by atoms with Gasteiger partial charge in [0, 0.05) is 13.1 Å². The first-order valence-electron chi connectivity index (χ1n) is 5.90. The lowest BCUT2D eigenvalue weighted by molar-refractivity contribution is -0.143. The summed E-state index contributed by atoms with van der Waals surface area (Å²) in [5.41, 5.74) is 0. The van der Waals surface area contributed by atoms with Gasteiger partial charge in [-0.3, -0.25) is 9.69 Å². The molecule has 0 saturated carbocycles. The fourth-order valence-corrected chi connectivity index (χ4v) is 2.88. The van der Waals surface area contributed by atoms with Crippen LogP contribution in [0.4, 0.5) is 0 Å². The molecule has 0 amide bonds. The van der Waals surface area contributed by atoms with Gasteiger partial charge in [-0.2, -0.15) is 0 Å². The topological polar surface area (TPSA) is 52.6 Å². The first-order valence-corrected chi connectivity index (χ1v) is 5.90. The zero-order valence-electron chi connectivity index (χ0n) is 9.28. The molecule has 2 aliphatic rings. The van der Waals surface area contributed by atoms with Crippen molar-refractivity contribution in [1.82, 2.24) is 10.2 Å². The second-order valence-corrected chi connectivity index (χ2v) is 4.78. The van der Waals surface area contributed by atoms with Gasteiger partial charge in [-0.05, 0) is 31.3 Å². The van der Waals surface area contributed by atoms with Crippen LogP contribution in [-0.2, 0) is 4.79 Å². The van der Waals surface area contributed by atoms with Gasteiger partial charge in [-0.25, -0.2) is 0 Å². The van der Waals surface area contributed by atoms with Gasteiger partial charge in [0.05, 0.1) is 0 Å². The Kier molecular flexibility index (Phi) is 3.26. The van der Waals surface area contributed by atoms with Crippen molar-refractivity contribution < 1.29 is 9.90 Å². The number of nitrogens with one attached hydrogen (secondary N) is 1. The van der Waals surface area contributed by atoms with Crippen LogP contribution in [0.5, 0.6) is 0 Å². The number of aliphatic carboxylic acids is 1. The summed E-state index contributed by atoms with van der Waals surface area (Å²) in [6.07, 6.45) is 1.73. The average molecular weight is 212 g/mol. The van der Waals surface area contributed by atoms with Crippen molar-refractivity contribution in [3.05, 3.63) is 0 Å². The SMILES string of the molecule is CCCC(C(=O)O)N1CC2CNCC2C1. The summed E-state index contributed by atoms with van der Waals surface area (Å²) in [5, 5.41) is 12.5. The molecule has 0 bridgehead atoms. The third-order valence-electron chi connectivity index (χ3n) is 3.71. The molecule has 0 aliphatic carbocycles. The van der Waals surface area contributed by atoms with Gasteiger partial charge in [0.25, 0.3) is 0 Å². The maximum atomic E-state index is 11.1. The lowest BCUT2D eigenvalue weighted by Gasteiger charge is -2.24. The van der Waals surface area contributed by atoms with E-state index < -0.39 is 5.97 Å². The van der Waals surface area contributed by atoms with Crippen LogP contribution in [-0.4, -0.2) is 48.2 Å². The third-order valence-corrected chi connectivity index (χ3v) is 3.71. The molecule has 2 saturated heterocycles. The Labute approximate surface area is 90.6 Å². The van der Waals surface area contributed by atoms with Crippen molar-refractivity contribution in [2.75, 3.05) is 26.2 Å². The van der Waals surface area contributed by atoms with Crippen molar-refractivity contribution >= 4 is 5.97 Å². The highest BCUT2D eigenvalue weighted by Gasteiger charge is 2.40. The highest BCUT2D eigenvalue weighted by Crippen LogP contribution is 2.28. The van der Waals surface area contributed by atoms with Crippen LogP contribution in [0.15, 0.2) is 0 Å². The third kappa shape index (κ3) is 2.16. The molecule has 0 aromatic carbocycles. The summed E-state index contributed by atoms with van der Waals surface area (Å²) in [4.78, 5) is 13.3. The summed E-state index contributed by atoms with van der Waals surface area (Å²) in [5.74, 6) is 0.720. The van der Waals surface area contributed by atoms with E-state index in [0.717, 1.165) is 39.0 Å². The van der Waals surface area contributed by atoms with E-state index in [-0.39, 0.29) is 6.04 Å². The summed E-state index contributed by atoms with van der Waals surface area (Å²) < 4.78 is 0. The number of hydrogen-bond donors (Lipinski definition) is 2. The summed E-state index contributed by atoms with van der Waals surface area (Å²) in [6.45, 7) is 6.12. The first-order chi connectivity index (χ1) is 7.22. The van der Waals surface area contributed by atoms with Crippen LogP contribution in [0.3, 0.4) is 0 Å². The summed E-state index contributed by atoms with van der Waals surface area (Å²) in [7, 11) is 0. The van der Waals surface area contributed by atoms with Crippen LogP contribution >= 0.6 is 0 Å². The number of likely N-dealkylation sites (tertiary alicyclic amines) is 1. The van der Waals surface area contributed by atoms with Crippen LogP contribution < -0.4 is 5.32 Å². The number of fused-ring (bicyclic) bond motifs is 1. The Morgan fingerprint density at radius 1 is 1.47 bits per heavy atom. The normalized spacial score (nSPS) is 32.9. The van der Waals surface area contributed by atoms with Crippen molar-refractivity contribution in [2.45, 2.75) is 25.8 Å². The van der Waals surface area contributed by atoms with E-state index in [1.807, 2.05) is 6.92 Å². The molecular formula is C11H20N2O2. The number of nitrogens with zero attached hydrogens (tertiary/aromatic N) is 1. The fraction of sp³-hybridized carbons (Fsp3) is 0.909. The molecule has 4 nitrogen and oxygen atoms in total. The lowest BCUT2D eigenvalue weighted by atomic mass is 10.0. The second-order valence-electron chi connectivity index (χ2n) is 4.78. The Morgan fingerprint density at radius 2 is 2.07 bits per heavy atom. The van der Waals surface area contributed by atoms with Crippen LogP contribution in [0, 0.1) is 11.8 Å². The minimum atomic E-state index is -0.648. The van der Waals surface area contributed by atoms with Crippen LogP contribution in [0.1, 0.15) is 19.8 Å². The van der Waals surface area contributed by atoms with Gasteiger partial charge in [0.15, 0.2) is 0 Å². The highest BCUT2D eigenvalue weighted by atomic mass is 16.4. The molecule has 2 rings (SSSR count). The largest absolute Gasteiger partial charge is 0.480 e. The van der Waals surface area contributed by atoms with E-state index in [4.69, 9.17) is 0 Å². The maximum absolute atomic E-state index is 11.1. The van der Waals surface area contributed by atoms with E-state index in [1.54, 1.807) is 0 Å². The molecule has 15 heavy (non-hydrogen) atoms. The van der Waals surface area contributed by atoms with Gasteiger partial charge in [-0.1, -0.05) is 13.3 Å². The molecule has 0 aromatic heterocycles. The lowest BCUT2D eigenvalue weighted by Crippen LogP contribution is -2.41. The fourth-order valence-electron chi connectivity index (χ4n) is 2.88. The molecule has 86 valence electrons. The van der Waals surface area contributed by atoms with E-state index in [9.17, 15) is 9.90 Å². The summed E-state index contributed by atoms with van der Waals surface area (Å²) in [6, 6.07) is -0.249. The van der Waals surface area contributed by atoms with Crippen molar-refractivity contribution in [3.63, 3.8) is 0 Å². The van der Waals surface area contributed by atoms with Crippen LogP contribution in [0.25, 0.3) is 0 Å². The van der Waals surface area contributed by atoms with E-state index in [0.29, 0.717) is 11.8 Å². The molecule has 3 unspecified atom stereocenters. The minimum absolute atomic E-state index is 0.249. The smallest absolute Gasteiger partial charge is 0.320 e. The molecule has 2 aliphatic heterocycles. The highest BCUT2D eigenvalue weighted by molar-refractivity contribution is 5.73. The van der Waals surface area contributed by atoms with Gasteiger partial charge < -0.3 is 10.4 Å². The van der Waals surface area contributed by atoms with E-state index >= 15 is 0 Å². The molecule has 2 heterocycles. The molecule has 0 aromatic rings. The van der Waals surface area contributed by atoms with E-state index in [1.165, 1.54) is 0 Å². The molecule has 0 spiro atoms. The first kappa shape index (κ1) is 10.9. The van der Waals surface area contributed by atoms with Crippen LogP contribution in [0.2, 0.25) is 0 Å². The quantitative estimate of drug-likeness (QED) is 0.708. The predicted octanol–water partition coefficient (Wildman–Crippen LogP) is 0.391. The second kappa shape index (κ2) is 4.49. The zero-order valence-corrected chi connectivity index (χ0v) is 9.28. The molecular weight excluding hydrogens is 192 g/mol. The molecule has 2 N–H and O–H groups in total. The van der Waals surface area contributed by atoms with Gasteiger partial charge in [-0.15, -0.1) is 0 Å². The van der Waals surface area contributed by atoms with E-state index in [2.05, 4.69) is 10.2 Å². The molecule has 2 fully saturated rings. The Morgan fingerprint density at radius 3 is 2.53 bits per heavy atom. The number of carboxylic acids is 1. The Balaban J connectivity index is 1.95. The van der Waals surface area contributed by atoms with Gasteiger partial charge >= 0.3 is 5.97 Å². The van der Waals surface area contributed by atoms with Gasteiger partial charge in [0.1, 0.15) is 6.04 Å². The minimum Gasteiger partial charge on any atom is -0.480 e. The average Bonchev–Trinajstić information content (AvgIpc) is 2.72. The van der Waals surface area contributed by atoms with Crippen molar-refractivity contribution in [1.29, 1.82) is 0 Å². The van der Waals surface area contributed by atoms with Crippen molar-refractivity contribution in [3.8, 4) is 0 Å². The van der Waals surface area contributed by atoms with Gasteiger partial charge in [0.2, 0.25) is 0 Å². The maximum Gasteiger partial charge on any atom is 0.320 e. The number of carboxylic acid groups (broad SMARTS) is 1. The van der Waals surface area contributed by atoms with Crippen molar-refractivity contribution in [2.24, 2.45) is 11.8 Å². The zero-order chi connectivity index (χ0) is 10.8. The molecule has 4 heteroatoms. The standard InChI is InChI=1S/C11H20N2O2/c1-2-3-10(11(14)15)13-6-8-4-12-5-9(8)7-13/h8-10,12H,2-7H2,1H3,(H,14,15). The number of carbonyl (C=O) groups is 1. The Bertz CT molecular complexity index is 233.